The van der Waals surface area contributed by atoms with Gasteiger partial charge in [0.2, 0.25) is 0 Å². The first kappa shape index (κ1) is 13.3. The standard InChI is InChI=1S/C16H22O2/c1-2-14(17)15(13-9-5-3-6-10-13)16(18)11-7-4-8-12-16/h3,5-6,9-10,15,18H,2,4,7-8,11-12H2,1H3. The number of rotatable bonds is 4. The van der Waals surface area contributed by atoms with Crippen LogP contribution in [0.15, 0.2) is 30.3 Å². The summed E-state index contributed by atoms with van der Waals surface area (Å²) in [6, 6.07) is 9.76. The van der Waals surface area contributed by atoms with Crippen LogP contribution in [0.25, 0.3) is 0 Å². The van der Waals surface area contributed by atoms with Gasteiger partial charge >= 0.3 is 0 Å². The summed E-state index contributed by atoms with van der Waals surface area (Å²) in [5.41, 5.74) is 0.140. The number of Topliss-reactive ketones (excluding diaryl/α,β-unsaturated/α-hetero) is 1. The van der Waals surface area contributed by atoms with Crippen molar-refractivity contribution in [3.8, 4) is 0 Å². The van der Waals surface area contributed by atoms with E-state index in [1.54, 1.807) is 0 Å². The smallest absolute Gasteiger partial charge is 0.142 e. The topological polar surface area (TPSA) is 37.3 Å². The highest BCUT2D eigenvalue weighted by atomic mass is 16.3. The van der Waals surface area contributed by atoms with Crippen LogP contribution in [-0.4, -0.2) is 16.5 Å². The molecule has 0 radical (unpaired) electrons. The number of hydrogen-bond donors (Lipinski definition) is 1. The summed E-state index contributed by atoms with van der Waals surface area (Å²) >= 11 is 0. The summed E-state index contributed by atoms with van der Waals surface area (Å²) in [7, 11) is 0. The summed E-state index contributed by atoms with van der Waals surface area (Å²) in [4.78, 5) is 12.3. The summed E-state index contributed by atoms with van der Waals surface area (Å²) in [5.74, 6) is -0.186. The molecule has 0 aliphatic heterocycles. The van der Waals surface area contributed by atoms with Crippen LogP contribution in [0.3, 0.4) is 0 Å². The van der Waals surface area contributed by atoms with E-state index in [2.05, 4.69) is 0 Å². The molecule has 98 valence electrons. The molecular weight excluding hydrogens is 224 g/mol. The Hall–Kier alpha value is -1.15. The maximum Gasteiger partial charge on any atom is 0.142 e. The predicted molar refractivity (Wildman–Crippen MR) is 72.5 cm³/mol. The zero-order valence-electron chi connectivity index (χ0n) is 11.1. The Kier molecular flexibility index (Phi) is 4.18. The van der Waals surface area contributed by atoms with Gasteiger partial charge in [0.1, 0.15) is 5.78 Å². The van der Waals surface area contributed by atoms with Crippen molar-refractivity contribution in [3.05, 3.63) is 35.9 Å². The van der Waals surface area contributed by atoms with Gasteiger partial charge in [0.15, 0.2) is 0 Å². The SMILES string of the molecule is CCC(=O)C(c1ccccc1)C1(O)CCCCC1. The summed E-state index contributed by atoms with van der Waals surface area (Å²) in [6.07, 6.45) is 5.20. The third kappa shape index (κ3) is 2.64. The van der Waals surface area contributed by atoms with Gasteiger partial charge in [0.05, 0.1) is 11.5 Å². The van der Waals surface area contributed by atoms with Crippen molar-refractivity contribution < 1.29 is 9.90 Å². The number of ketones is 1. The van der Waals surface area contributed by atoms with Gasteiger partial charge in [-0.25, -0.2) is 0 Å². The summed E-state index contributed by atoms with van der Waals surface area (Å²) in [6.45, 7) is 1.88. The molecule has 0 bridgehead atoms. The first-order chi connectivity index (χ1) is 8.67. The molecule has 0 heterocycles. The van der Waals surface area contributed by atoms with E-state index >= 15 is 0 Å². The van der Waals surface area contributed by atoms with Crippen LogP contribution in [0.5, 0.6) is 0 Å². The zero-order chi connectivity index (χ0) is 13.0. The van der Waals surface area contributed by atoms with Crippen LogP contribution >= 0.6 is 0 Å². The quantitative estimate of drug-likeness (QED) is 0.883. The molecule has 1 saturated carbocycles. The zero-order valence-corrected chi connectivity index (χ0v) is 11.1. The highest BCUT2D eigenvalue weighted by Gasteiger charge is 2.41. The Balaban J connectivity index is 2.33. The second-order valence-electron chi connectivity index (χ2n) is 5.33. The minimum Gasteiger partial charge on any atom is -0.389 e. The first-order valence-corrected chi connectivity index (χ1v) is 6.97. The molecule has 1 aromatic carbocycles. The van der Waals surface area contributed by atoms with Crippen molar-refractivity contribution in [1.29, 1.82) is 0 Å². The van der Waals surface area contributed by atoms with Crippen LogP contribution in [0.2, 0.25) is 0 Å². The fourth-order valence-corrected chi connectivity index (χ4v) is 3.10. The number of benzene rings is 1. The molecule has 1 aliphatic rings. The molecule has 2 nitrogen and oxygen atoms in total. The predicted octanol–water partition coefficient (Wildman–Crippen LogP) is 3.44. The van der Waals surface area contributed by atoms with Crippen LogP contribution in [0.1, 0.15) is 56.9 Å². The summed E-state index contributed by atoms with van der Waals surface area (Å²) in [5, 5.41) is 10.9. The van der Waals surface area contributed by atoms with E-state index < -0.39 is 5.60 Å². The average molecular weight is 246 g/mol. The molecule has 0 saturated heterocycles. The van der Waals surface area contributed by atoms with E-state index in [4.69, 9.17) is 0 Å². The van der Waals surface area contributed by atoms with Crippen molar-refractivity contribution in [2.45, 2.75) is 57.0 Å². The van der Waals surface area contributed by atoms with Crippen LogP contribution in [0.4, 0.5) is 0 Å². The van der Waals surface area contributed by atoms with Crippen molar-refractivity contribution >= 4 is 5.78 Å². The molecule has 0 spiro atoms. The largest absolute Gasteiger partial charge is 0.389 e. The average Bonchev–Trinajstić information content (AvgIpc) is 2.40. The van der Waals surface area contributed by atoms with E-state index in [1.165, 1.54) is 6.42 Å². The third-order valence-electron chi connectivity index (χ3n) is 4.06. The fourth-order valence-electron chi connectivity index (χ4n) is 3.10. The van der Waals surface area contributed by atoms with Gasteiger partial charge < -0.3 is 5.11 Å². The monoisotopic (exact) mass is 246 g/mol. The van der Waals surface area contributed by atoms with Gasteiger partial charge in [-0.05, 0) is 18.4 Å². The van der Waals surface area contributed by atoms with Gasteiger partial charge in [0, 0.05) is 6.42 Å². The lowest BCUT2D eigenvalue weighted by molar-refractivity contribution is -0.128. The van der Waals surface area contributed by atoms with E-state index in [0.717, 1.165) is 31.2 Å². The molecule has 2 rings (SSSR count). The molecule has 0 aromatic heterocycles. The molecule has 1 aliphatic carbocycles. The molecule has 1 fully saturated rings. The van der Waals surface area contributed by atoms with Crippen molar-refractivity contribution in [2.24, 2.45) is 0 Å². The van der Waals surface area contributed by atoms with Crippen molar-refractivity contribution in [3.63, 3.8) is 0 Å². The Morgan fingerprint density at radius 3 is 2.39 bits per heavy atom. The maximum absolute atomic E-state index is 12.3. The second-order valence-corrected chi connectivity index (χ2v) is 5.33. The van der Waals surface area contributed by atoms with Crippen molar-refractivity contribution in [2.75, 3.05) is 0 Å². The normalized spacial score (nSPS) is 20.3. The molecular formula is C16H22O2. The van der Waals surface area contributed by atoms with Crippen LogP contribution in [-0.2, 0) is 4.79 Å². The Morgan fingerprint density at radius 1 is 1.22 bits per heavy atom. The molecule has 1 atom stereocenters. The molecule has 2 heteroatoms. The van der Waals surface area contributed by atoms with Gasteiger partial charge in [-0.2, -0.15) is 0 Å². The Morgan fingerprint density at radius 2 is 1.83 bits per heavy atom. The minimum absolute atomic E-state index is 0.158. The van der Waals surface area contributed by atoms with Gasteiger partial charge in [-0.1, -0.05) is 56.5 Å². The lowest BCUT2D eigenvalue weighted by Crippen LogP contribution is -2.42. The third-order valence-corrected chi connectivity index (χ3v) is 4.06. The minimum atomic E-state index is -0.827. The van der Waals surface area contributed by atoms with E-state index in [0.29, 0.717) is 6.42 Å². The lowest BCUT2D eigenvalue weighted by Gasteiger charge is -2.38. The second kappa shape index (κ2) is 5.66. The van der Waals surface area contributed by atoms with Crippen LogP contribution < -0.4 is 0 Å². The molecule has 1 unspecified atom stereocenters. The Labute approximate surface area is 109 Å². The highest BCUT2D eigenvalue weighted by Crippen LogP contribution is 2.40. The van der Waals surface area contributed by atoms with Gasteiger partial charge in [-0.3, -0.25) is 4.79 Å². The van der Waals surface area contributed by atoms with Gasteiger partial charge in [0.25, 0.3) is 0 Å². The fraction of sp³-hybridized carbons (Fsp3) is 0.562. The number of carbonyl (C=O) groups excluding carboxylic acids is 1. The first-order valence-electron chi connectivity index (χ1n) is 6.97. The number of hydrogen-bond acceptors (Lipinski definition) is 2. The number of aliphatic hydroxyl groups is 1. The molecule has 18 heavy (non-hydrogen) atoms. The highest BCUT2D eigenvalue weighted by molar-refractivity contribution is 5.86. The lowest BCUT2D eigenvalue weighted by atomic mass is 9.70. The molecule has 0 amide bonds. The van der Waals surface area contributed by atoms with Gasteiger partial charge in [-0.15, -0.1) is 0 Å². The molecule has 1 N–H and O–H groups in total. The molecule has 1 aromatic rings. The Bertz CT molecular complexity index is 391. The van der Waals surface area contributed by atoms with E-state index in [9.17, 15) is 9.90 Å². The van der Waals surface area contributed by atoms with E-state index in [-0.39, 0.29) is 11.7 Å². The van der Waals surface area contributed by atoms with Crippen LogP contribution in [0, 0.1) is 0 Å². The number of carbonyl (C=O) groups is 1. The summed E-state index contributed by atoms with van der Waals surface area (Å²) < 4.78 is 0. The van der Waals surface area contributed by atoms with E-state index in [1.807, 2.05) is 37.3 Å². The van der Waals surface area contributed by atoms with Crippen molar-refractivity contribution in [1.82, 2.24) is 0 Å². The maximum atomic E-state index is 12.3.